The summed E-state index contributed by atoms with van der Waals surface area (Å²) in [6, 6.07) is 14.2. The summed E-state index contributed by atoms with van der Waals surface area (Å²) in [5.74, 6) is 1.17. The minimum absolute atomic E-state index is 0.342. The van der Waals surface area contributed by atoms with Crippen LogP contribution in [0.3, 0.4) is 0 Å². The van der Waals surface area contributed by atoms with Gasteiger partial charge in [0.1, 0.15) is 5.75 Å². The zero-order valence-corrected chi connectivity index (χ0v) is 17.1. The van der Waals surface area contributed by atoms with Gasteiger partial charge in [0.05, 0.1) is 24.8 Å². The molecule has 0 atom stereocenters. The fourth-order valence-corrected chi connectivity index (χ4v) is 4.16. The van der Waals surface area contributed by atoms with Crippen LogP contribution in [0.5, 0.6) is 5.75 Å². The lowest BCUT2D eigenvalue weighted by Crippen LogP contribution is -2.22. The van der Waals surface area contributed by atoms with Gasteiger partial charge in [0.15, 0.2) is 0 Å². The fourth-order valence-electron chi connectivity index (χ4n) is 3.12. The summed E-state index contributed by atoms with van der Waals surface area (Å²) in [5.41, 5.74) is 3.48. The normalized spacial score (nSPS) is 12.7. The van der Waals surface area contributed by atoms with Crippen LogP contribution in [0.1, 0.15) is 17.5 Å². The van der Waals surface area contributed by atoms with Gasteiger partial charge >= 0.3 is 0 Å². The zero-order valence-electron chi connectivity index (χ0n) is 16.3. The number of benzene rings is 2. The van der Waals surface area contributed by atoms with E-state index in [2.05, 4.69) is 34.9 Å². The number of hydrogen-bond donors (Lipinski definition) is 3. The fraction of sp³-hybridized carbons (Fsp3) is 0.455. The Hall–Kier alpha value is -1.73. The second kappa shape index (κ2) is 12.0. The number of phenolic OH excluding ortho intramolecular Hbond substituents is 1. The molecular formula is C22H30N2O3S. The summed E-state index contributed by atoms with van der Waals surface area (Å²) in [6.07, 6.45) is 2.84. The number of fused-ring (bicyclic) bond motifs is 1. The molecule has 0 fully saturated rings. The number of nitrogens with one attached hydrogen (secondary N) is 2. The van der Waals surface area contributed by atoms with Crippen molar-refractivity contribution in [3.05, 3.63) is 53.6 Å². The van der Waals surface area contributed by atoms with E-state index in [1.165, 1.54) is 16.0 Å². The highest BCUT2D eigenvalue weighted by atomic mass is 32.2. The molecule has 0 saturated heterocycles. The summed E-state index contributed by atoms with van der Waals surface area (Å²) in [7, 11) is 0. The van der Waals surface area contributed by atoms with Gasteiger partial charge in [-0.3, -0.25) is 0 Å². The molecule has 0 bridgehead atoms. The monoisotopic (exact) mass is 402 g/mol. The second-order valence-corrected chi connectivity index (χ2v) is 7.71. The Morgan fingerprint density at radius 2 is 1.75 bits per heavy atom. The highest BCUT2D eigenvalue weighted by Gasteiger charge is 2.18. The van der Waals surface area contributed by atoms with Crippen LogP contribution in [0, 0.1) is 0 Å². The highest BCUT2D eigenvalue weighted by Crippen LogP contribution is 2.42. The first-order valence-electron chi connectivity index (χ1n) is 9.96. The minimum Gasteiger partial charge on any atom is -0.506 e. The number of rotatable bonds is 13. The van der Waals surface area contributed by atoms with E-state index in [0.717, 1.165) is 63.7 Å². The summed E-state index contributed by atoms with van der Waals surface area (Å²) >= 11 is 1.75. The number of aromatic hydroxyl groups is 1. The molecule has 0 spiro atoms. The molecule has 0 aromatic heterocycles. The van der Waals surface area contributed by atoms with Gasteiger partial charge in [-0.05, 0) is 43.0 Å². The lowest BCUT2D eigenvalue weighted by atomic mass is 10.1. The van der Waals surface area contributed by atoms with Gasteiger partial charge in [0, 0.05) is 24.7 Å². The summed E-state index contributed by atoms with van der Waals surface area (Å²) in [5, 5.41) is 16.5. The molecule has 1 heterocycles. The van der Waals surface area contributed by atoms with Crippen LogP contribution < -0.4 is 10.6 Å². The van der Waals surface area contributed by atoms with E-state index < -0.39 is 0 Å². The van der Waals surface area contributed by atoms with Crippen LogP contribution in [0.25, 0.3) is 0 Å². The summed E-state index contributed by atoms with van der Waals surface area (Å²) in [6.45, 7) is 4.72. The SMILES string of the molecule is Oc1ccc(CCNCCOCCCOCCc2ccccc2)c2c1NCS2. The predicted molar refractivity (Wildman–Crippen MR) is 115 cm³/mol. The van der Waals surface area contributed by atoms with Crippen molar-refractivity contribution in [2.75, 3.05) is 50.7 Å². The van der Waals surface area contributed by atoms with Crippen LogP contribution in [-0.2, 0) is 22.3 Å². The predicted octanol–water partition coefficient (Wildman–Crippen LogP) is 3.67. The lowest BCUT2D eigenvalue weighted by Gasteiger charge is -2.10. The molecule has 0 aliphatic carbocycles. The molecule has 5 nitrogen and oxygen atoms in total. The first-order chi connectivity index (χ1) is 13.8. The third kappa shape index (κ3) is 6.71. The lowest BCUT2D eigenvalue weighted by molar-refractivity contribution is 0.0850. The second-order valence-electron chi connectivity index (χ2n) is 6.73. The van der Waals surface area contributed by atoms with Gasteiger partial charge in [-0.2, -0.15) is 0 Å². The van der Waals surface area contributed by atoms with Crippen LogP contribution in [-0.4, -0.2) is 50.5 Å². The molecule has 0 amide bonds. The number of phenols is 1. The molecule has 1 aliphatic heterocycles. The van der Waals surface area contributed by atoms with E-state index in [9.17, 15) is 5.11 Å². The highest BCUT2D eigenvalue weighted by molar-refractivity contribution is 8.00. The Kier molecular flexibility index (Phi) is 8.97. The smallest absolute Gasteiger partial charge is 0.139 e. The third-order valence-electron chi connectivity index (χ3n) is 4.63. The topological polar surface area (TPSA) is 62.8 Å². The minimum atomic E-state index is 0.342. The molecule has 28 heavy (non-hydrogen) atoms. The molecule has 2 aromatic rings. The van der Waals surface area contributed by atoms with Gasteiger partial charge in [-0.25, -0.2) is 0 Å². The number of ether oxygens (including phenoxy) is 2. The number of hydrogen-bond acceptors (Lipinski definition) is 6. The van der Waals surface area contributed by atoms with Crippen molar-refractivity contribution < 1.29 is 14.6 Å². The van der Waals surface area contributed by atoms with Gasteiger partial charge in [-0.15, -0.1) is 11.8 Å². The summed E-state index contributed by atoms with van der Waals surface area (Å²) < 4.78 is 11.3. The number of thioether (sulfide) groups is 1. The van der Waals surface area contributed by atoms with Gasteiger partial charge in [0.2, 0.25) is 0 Å². The van der Waals surface area contributed by atoms with Gasteiger partial charge in [-0.1, -0.05) is 36.4 Å². The van der Waals surface area contributed by atoms with Crippen molar-refractivity contribution >= 4 is 17.4 Å². The largest absolute Gasteiger partial charge is 0.506 e. The van der Waals surface area contributed by atoms with Gasteiger partial charge in [0.25, 0.3) is 0 Å². The Balaban J connectivity index is 1.15. The quantitative estimate of drug-likeness (QED) is 0.351. The van der Waals surface area contributed by atoms with Crippen molar-refractivity contribution in [1.82, 2.24) is 5.32 Å². The molecule has 1 aliphatic rings. The first-order valence-corrected chi connectivity index (χ1v) is 10.9. The Morgan fingerprint density at radius 1 is 0.929 bits per heavy atom. The molecule has 0 unspecified atom stereocenters. The maximum absolute atomic E-state index is 9.85. The number of anilines is 1. The zero-order chi connectivity index (χ0) is 19.4. The third-order valence-corrected chi connectivity index (χ3v) is 5.68. The van der Waals surface area contributed by atoms with Crippen molar-refractivity contribution in [2.24, 2.45) is 0 Å². The Labute approximate surface area is 171 Å². The van der Waals surface area contributed by atoms with Crippen molar-refractivity contribution in [2.45, 2.75) is 24.2 Å². The Bertz CT molecular complexity index is 712. The summed E-state index contributed by atoms with van der Waals surface area (Å²) in [4.78, 5) is 1.19. The average molecular weight is 403 g/mol. The first kappa shape index (κ1) is 21.0. The molecular weight excluding hydrogens is 372 g/mol. The van der Waals surface area contributed by atoms with E-state index in [1.807, 2.05) is 12.1 Å². The van der Waals surface area contributed by atoms with Gasteiger partial charge < -0.3 is 25.2 Å². The molecule has 6 heteroatoms. The van der Waals surface area contributed by atoms with Crippen molar-refractivity contribution in [1.29, 1.82) is 0 Å². The molecule has 0 saturated carbocycles. The van der Waals surface area contributed by atoms with Crippen molar-refractivity contribution in [3.63, 3.8) is 0 Å². The van der Waals surface area contributed by atoms with Crippen molar-refractivity contribution in [3.8, 4) is 5.75 Å². The molecule has 152 valence electrons. The van der Waals surface area contributed by atoms with Crippen LogP contribution in [0.4, 0.5) is 5.69 Å². The van der Waals surface area contributed by atoms with E-state index in [1.54, 1.807) is 17.8 Å². The molecule has 2 aromatic carbocycles. The van der Waals surface area contributed by atoms with E-state index in [-0.39, 0.29) is 0 Å². The van der Waals surface area contributed by atoms with E-state index in [0.29, 0.717) is 12.4 Å². The van der Waals surface area contributed by atoms with Crippen LogP contribution in [0.15, 0.2) is 47.4 Å². The Morgan fingerprint density at radius 3 is 2.61 bits per heavy atom. The van der Waals surface area contributed by atoms with E-state index >= 15 is 0 Å². The molecule has 0 radical (unpaired) electrons. The van der Waals surface area contributed by atoms with Crippen LogP contribution in [0.2, 0.25) is 0 Å². The van der Waals surface area contributed by atoms with Crippen LogP contribution >= 0.6 is 11.8 Å². The molecule has 3 rings (SSSR count). The molecule has 3 N–H and O–H groups in total. The maximum atomic E-state index is 9.85. The standard InChI is InChI=1S/C22H30N2O3S/c25-20-8-7-19(22-21(20)24-17-28-22)9-11-23-12-16-27-14-4-13-26-15-10-18-5-2-1-3-6-18/h1-3,5-8,23-25H,4,9-17H2. The van der Waals surface area contributed by atoms with E-state index in [4.69, 9.17) is 9.47 Å². The average Bonchev–Trinajstić information content (AvgIpc) is 3.22. The maximum Gasteiger partial charge on any atom is 0.139 e.